The molecule has 0 bridgehead atoms. The number of aromatic nitrogens is 1. The van der Waals surface area contributed by atoms with E-state index >= 15 is 0 Å². The molecule has 0 saturated heterocycles. The minimum atomic E-state index is -0.147. The summed E-state index contributed by atoms with van der Waals surface area (Å²) in [7, 11) is 1.64. The first-order valence-electron chi connectivity index (χ1n) is 5.56. The van der Waals surface area contributed by atoms with Crippen LogP contribution in [0.1, 0.15) is 29.4 Å². The average molecular weight is 237 g/mol. The molecule has 1 amide bonds. The number of amides is 1. The molecule has 3 N–H and O–H groups in total. The van der Waals surface area contributed by atoms with Gasteiger partial charge in [-0.25, -0.2) is 0 Å². The summed E-state index contributed by atoms with van der Waals surface area (Å²) in [6.45, 7) is 4.34. The second-order valence-electron chi connectivity index (χ2n) is 4.06. The predicted molar refractivity (Wildman–Crippen MR) is 66.8 cm³/mol. The maximum absolute atomic E-state index is 11.9. The van der Waals surface area contributed by atoms with Crippen LogP contribution in [0.5, 0.6) is 0 Å². The van der Waals surface area contributed by atoms with Gasteiger partial charge in [0.05, 0.1) is 23.1 Å². The van der Waals surface area contributed by atoms with Gasteiger partial charge in [-0.2, -0.15) is 0 Å². The molecule has 1 rings (SSSR count). The average Bonchev–Trinajstić information content (AvgIpc) is 2.29. The van der Waals surface area contributed by atoms with Gasteiger partial charge in [0.1, 0.15) is 0 Å². The fourth-order valence-electron chi connectivity index (χ4n) is 1.45. The van der Waals surface area contributed by atoms with Crippen molar-refractivity contribution in [3.8, 4) is 0 Å². The summed E-state index contributed by atoms with van der Waals surface area (Å²) in [5.41, 5.74) is 7.30. The molecule has 0 aliphatic rings. The molecule has 1 atom stereocenters. The zero-order chi connectivity index (χ0) is 12.8. The smallest absolute Gasteiger partial charge is 0.253 e. The largest absolute Gasteiger partial charge is 0.397 e. The minimum absolute atomic E-state index is 0.0586. The van der Waals surface area contributed by atoms with Crippen LogP contribution in [-0.2, 0) is 4.74 Å². The second-order valence-corrected chi connectivity index (χ2v) is 4.06. The number of pyridine rings is 1. The molecule has 94 valence electrons. The third-order valence-corrected chi connectivity index (χ3v) is 2.49. The normalized spacial score (nSPS) is 12.2. The van der Waals surface area contributed by atoms with Crippen molar-refractivity contribution in [2.45, 2.75) is 26.3 Å². The van der Waals surface area contributed by atoms with E-state index in [0.29, 0.717) is 23.6 Å². The van der Waals surface area contributed by atoms with E-state index in [4.69, 9.17) is 10.5 Å². The van der Waals surface area contributed by atoms with Crippen molar-refractivity contribution in [3.63, 3.8) is 0 Å². The Labute approximate surface area is 101 Å². The summed E-state index contributed by atoms with van der Waals surface area (Å²) in [6, 6.07) is 1.70. The number of nitrogens with two attached hydrogens (primary N) is 1. The number of ether oxygens (including phenoxy) is 1. The van der Waals surface area contributed by atoms with Gasteiger partial charge in [0.25, 0.3) is 5.91 Å². The molecule has 0 aromatic carbocycles. The Balaban J connectivity index is 2.66. The van der Waals surface area contributed by atoms with Crippen LogP contribution in [0.2, 0.25) is 0 Å². The predicted octanol–water partition coefficient (Wildman–Crippen LogP) is 1.13. The maximum atomic E-state index is 11.9. The summed E-state index contributed by atoms with van der Waals surface area (Å²) in [5, 5.41) is 2.88. The first-order valence-corrected chi connectivity index (χ1v) is 5.56. The standard InChI is InChI=1S/C12H19N3O2/c1-8(4-5-17-3)15-12(16)11-6-10(13)7-14-9(11)2/h6-8H,4-5,13H2,1-3H3,(H,15,16). The van der Waals surface area contributed by atoms with Gasteiger partial charge in [0.15, 0.2) is 0 Å². The molecule has 1 unspecified atom stereocenters. The fourth-order valence-corrected chi connectivity index (χ4v) is 1.45. The lowest BCUT2D eigenvalue weighted by Crippen LogP contribution is -2.33. The molecule has 1 aromatic heterocycles. The molecular formula is C12H19N3O2. The summed E-state index contributed by atoms with van der Waals surface area (Å²) in [5.74, 6) is -0.147. The number of methoxy groups -OCH3 is 1. The number of rotatable bonds is 5. The van der Waals surface area contributed by atoms with E-state index in [1.165, 1.54) is 0 Å². The van der Waals surface area contributed by atoms with E-state index in [1.54, 1.807) is 26.3 Å². The lowest BCUT2D eigenvalue weighted by molar-refractivity contribution is 0.0928. The Bertz CT molecular complexity index is 393. The first-order chi connectivity index (χ1) is 8.04. The lowest BCUT2D eigenvalue weighted by atomic mass is 10.1. The van der Waals surface area contributed by atoms with Crippen LogP contribution in [0.3, 0.4) is 0 Å². The van der Waals surface area contributed by atoms with Gasteiger partial charge >= 0.3 is 0 Å². The van der Waals surface area contributed by atoms with Gasteiger partial charge in [-0.1, -0.05) is 0 Å². The van der Waals surface area contributed by atoms with Crippen LogP contribution >= 0.6 is 0 Å². The molecule has 0 saturated carbocycles. The van der Waals surface area contributed by atoms with E-state index in [9.17, 15) is 4.79 Å². The first kappa shape index (κ1) is 13.4. The molecule has 5 heteroatoms. The van der Waals surface area contributed by atoms with Crippen LogP contribution in [0.4, 0.5) is 5.69 Å². The number of aryl methyl sites for hydroxylation is 1. The molecule has 0 aliphatic heterocycles. The van der Waals surface area contributed by atoms with Gasteiger partial charge < -0.3 is 15.8 Å². The van der Waals surface area contributed by atoms with Crippen LogP contribution < -0.4 is 11.1 Å². The molecular weight excluding hydrogens is 218 g/mol. The SMILES string of the molecule is COCCC(C)NC(=O)c1cc(N)cnc1C. The highest BCUT2D eigenvalue weighted by Gasteiger charge is 2.12. The molecule has 0 spiro atoms. The number of hydrogen-bond donors (Lipinski definition) is 2. The third kappa shape index (κ3) is 4.03. The van der Waals surface area contributed by atoms with Crippen LogP contribution in [0.25, 0.3) is 0 Å². The molecule has 1 heterocycles. The highest BCUT2D eigenvalue weighted by Crippen LogP contribution is 2.09. The van der Waals surface area contributed by atoms with Gasteiger partial charge in [-0.15, -0.1) is 0 Å². The third-order valence-electron chi connectivity index (χ3n) is 2.49. The number of nitrogen functional groups attached to an aromatic ring is 1. The lowest BCUT2D eigenvalue weighted by Gasteiger charge is -2.14. The zero-order valence-corrected chi connectivity index (χ0v) is 10.5. The molecule has 1 aromatic rings. The van der Waals surface area contributed by atoms with Crippen molar-refractivity contribution in [2.75, 3.05) is 19.5 Å². The molecule has 0 fully saturated rings. The van der Waals surface area contributed by atoms with Crippen molar-refractivity contribution < 1.29 is 9.53 Å². The van der Waals surface area contributed by atoms with Gasteiger partial charge in [0.2, 0.25) is 0 Å². The van der Waals surface area contributed by atoms with Crippen molar-refractivity contribution in [3.05, 3.63) is 23.5 Å². The van der Waals surface area contributed by atoms with Crippen molar-refractivity contribution in [1.29, 1.82) is 0 Å². The minimum Gasteiger partial charge on any atom is -0.397 e. The maximum Gasteiger partial charge on any atom is 0.253 e. The highest BCUT2D eigenvalue weighted by molar-refractivity contribution is 5.96. The van der Waals surface area contributed by atoms with E-state index < -0.39 is 0 Å². The second kappa shape index (κ2) is 6.20. The summed E-state index contributed by atoms with van der Waals surface area (Å²) in [4.78, 5) is 16.0. The number of hydrogen-bond acceptors (Lipinski definition) is 4. The van der Waals surface area contributed by atoms with Crippen molar-refractivity contribution in [2.24, 2.45) is 0 Å². The summed E-state index contributed by atoms with van der Waals surface area (Å²) < 4.78 is 4.96. The van der Waals surface area contributed by atoms with Crippen LogP contribution in [-0.4, -0.2) is 30.6 Å². The number of anilines is 1. The highest BCUT2D eigenvalue weighted by atomic mass is 16.5. The van der Waals surface area contributed by atoms with Crippen LogP contribution in [0.15, 0.2) is 12.3 Å². The Morgan fingerprint density at radius 1 is 1.65 bits per heavy atom. The van der Waals surface area contributed by atoms with E-state index in [2.05, 4.69) is 10.3 Å². The molecule has 5 nitrogen and oxygen atoms in total. The number of carbonyl (C=O) groups is 1. The molecule has 17 heavy (non-hydrogen) atoms. The Morgan fingerprint density at radius 2 is 2.35 bits per heavy atom. The zero-order valence-electron chi connectivity index (χ0n) is 10.5. The molecule has 0 radical (unpaired) electrons. The van der Waals surface area contributed by atoms with Crippen LogP contribution in [0, 0.1) is 6.92 Å². The Hall–Kier alpha value is -1.62. The van der Waals surface area contributed by atoms with Gasteiger partial charge in [-0.3, -0.25) is 9.78 Å². The van der Waals surface area contributed by atoms with E-state index in [1.807, 2.05) is 6.92 Å². The monoisotopic (exact) mass is 237 g/mol. The fraction of sp³-hybridized carbons (Fsp3) is 0.500. The number of carbonyl (C=O) groups excluding carboxylic acids is 1. The Kier molecular flexibility index (Phi) is 4.90. The quantitative estimate of drug-likeness (QED) is 0.804. The summed E-state index contributed by atoms with van der Waals surface area (Å²) in [6.07, 6.45) is 2.32. The molecule has 0 aliphatic carbocycles. The van der Waals surface area contributed by atoms with Gasteiger partial charge in [0, 0.05) is 19.8 Å². The summed E-state index contributed by atoms with van der Waals surface area (Å²) >= 11 is 0. The number of nitrogens with zero attached hydrogens (tertiary/aromatic N) is 1. The topological polar surface area (TPSA) is 77.2 Å². The number of nitrogens with one attached hydrogen (secondary N) is 1. The van der Waals surface area contributed by atoms with Crippen molar-refractivity contribution >= 4 is 11.6 Å². The van der Waals surface area contributed by atoms with E-state index in [-0.39, 0.29) is 11.9 Å². The van der Waals surface area contributed by atoms with Gasteiger partial charge in [-0.05, 0) is 26.3 Å². The van der Waals surface area contributed by atoms with E-state index in [0.717, 1.165) is 6.42 Å². The Morgan fingerprint density at radius 3 is 3.00 bits per heavy atom. The van der Waals surface area contributed by atoms with Crippen molar-refractivity contribution in [1.82, 2.24) is 10.3 Å².